The maximum Gasteiger partial charge on any atom is 0.217 e. The fourth-order valence-electron chi connectivity index (χ4n) is 1.37. The summed E-state index contributed by atoms with van der Waals surface area (Å²) in [7, 11) is 0.289. The lowest BCUT2D eigenvalue weighted by Gasteiger charge is -2.24. The quantitative estimate of drug-likeness (QED) is 0.714. The Morgan fingerprint density at radius 1 is 1.33 bits per heavy atom. The smallest absolute Gasteiger partial charge is 0.217 e. The third-order valence-corrected chi connectivity index (χ3v) is 4.90. The first kappa shape index (κ1) is 14.9. The van der Waals surface area contributed by atoms with Gasteiger partial charge in [-0.3, -0.25) is 0 Å². The van der Waals surface area contributed by atoms with Crippen molar-refractivity contribution in [2.75, 3.05) is 27.2 Å². The van der Waals surface area contributed by atoms with E-state index in [-0.39, 0.29) is 5.25 Å². The summed E-state index contributed by atoms with van der Waals surface area (Å²) in [4.78, 5) is 0. The highest BCUT2D eigenvalue weighted by atomic mass is 32.2. The molecule has 0 spiro atoms. The molecule has 92 valence electrons. The summed E-state index contributed by atoms with van der Waals surface area (Å²) < 4.78 is 25.4. The topological polar surface area (TPSA) is 49.4 Å². The van der Waals surface area contributed by atoms with Gasteiger partial charge in [0.25, 0.3) is 0 Å². The molecular weight excluding hydrogens is 212 g/mol. The normalized spacial score (nSPS) is 16.7. The molecule has 15 heavy (non-hydrogen) atoms. The summed E-state index contributed by atoms with van der Waals surface area (Å²) in [6, 6.07) is 0. The maximum atomic E-state index is 12.0. The van der Waals surface area contributed by atoms with Crippen LogP contribution in [-0.2, 0) is 10.0 Å². The Morgan fingerprint density at radius 3 is 2.27 bits per heavy atom. The molecule has 2 unspecified atom stereocenters. The zero-order valence-corrected chi connectivity index (χ0v) is 11.3. The first-order valence-corrected chi connectivity index (χ1v) is 6.96. The Labute approximate surface area is 94.1 Å². The number of nitrogens with zero attached hydrogens (tertiary/aromatic N) is 1. The molecule has 1 N–H and O–H groups in total. The lowest BCUT2D eigenvalue weighted by molar-refractivity contribution is 0.388. The third kappa shape index (κ3) is 4.49. The summed E-state index contributed by atoms with van der Waals surface area (Å²) in [5.41, 5.74) is 0. The van der Waals surface area contributed by atoms with Crippen LogP contribution in [0.25, 0.3) is 0 Å². The van der Waals surface area contributed by atoms with Crippen LogP contribution >= 0.6 is 0 Å². The molecule has 0 radical (unpaired) electrons. The van der Waals surface area contributed by atoms with E-state index in [1.54, 1.807) is 21.0 Å². The second-order valence-electron chi connectivity index (χ2n) is 4.21. The van der Waals surface area contributed by atoms with Gasteiger partial charge in [0.2, 0.25) is 10.0 Å². The molecule has 0 rings (SSSR count). The molecule has 0 aliphatic heterocycles. The molecule has 0 aliphatic rings. The van der Waals surface area contributed by atoms with Crippen molar-refractivity contribution in [2.45, 2.75) is 32.4 Å². The zero-order chi connectivity index (χ0) is 12.1. The van der Waals surface area contributed by atoms with Crippen molar-refractivity contribution >= 4 is 10.0 Å². The number of hydrogen-bond donors (Lipinski definition) is 1. The van der Waals surface area contributed by atoms with E-state index in [1.165, 1.54) is 4.31 Å². The molecule has 0 amide bonds. The third-order valence-electron chi connectivity index (χ3n) is 2.70. The van der Waals surface area contributed by atoms with Crippen LogP contribution in [0.3, 0.4) is 0 Å². The molecule has 0 aromatic heterocycles. The molecule has 0 heterocycles. The van der Waals surface area contributed by atoms with E-state index >= 15 is 0 Å². The lowest BCUT2D eigenvalue weighted by Crippen LogP contribution is -2.41. The van der Waals surface area contributed by atoms with Crippen LogP contribution in [-0.4, -0.2) is 45.2 Å². The van der Waals surface area contributed by atoms with E-state index in [4.69, 9.17) is 0 Å². The zero-order valence-electron chi connectivity index (χ0n) is 10.4. The van der Waals surface area contributed by atoms with Crippen LogP contribution < -0.4 is 5.32 Å². The van der Waals surface area contributed by atoms with Gasteiger partial charge in [-0.15, -0.1) is 0 Å². The molecule has 0 aromatic rings. The first-order valence-electron chi connectivity index (χ1n) is 5.46. The minimum Gasteiger partial charge on any atom is -0.318 e. The Kier molecular flexibility index (Phi) is 6.40. The lowest BCUT2D eigenvalue weighted by atomic mass is 10.1. The summed E-state index contributed by atoms with van der Waals surface area (Å²) in [6.07, 6.45) is 1.00. The van der Waals surface area contributed by atoms with Gasteiger partial charge in [-0.1, -0.05) is 20.3 Å². The summed E-state index contributed by atoms with van der Waals surface area (Å²) in [5, 5.41) is 2.53. The van der Waals surface area contributed by atoms with Crippen LogP contribution in [0.1, 0.15) is 27.2 Å². The molecule has 5 heteroatoms. The van der Waals surface area contributed by atoms with Gasteiger partial charge in [-0.25, -0.2) is 12.7 Å². The average Bonchev–Trinajstić information content (AvgIpc) is 2.17. The number of nitrogens with one attached hydrogen (secondary N) is 1. The molecule has 0 saturated carbocycles. The Bertz CT molecular complexity index is 265. The second kappa shape index (κ2) is 6.45. The number of rotatable bonds is 7. The molecule has 0 fully saturated rings. The predicted octanol–water partition coefficient (Wildman–Crippen LogP) is 0.902. The van der Waals surface area contributed by atoms with Gasteiger partial charge in [0.05, 0.1) is 5.25 Å². The molecule has 0 bridgehead atoms. The monoisotopic (exact) mass is 236 g/mol. The molecule has 0 aromatic carbocycles. The van der Waals surface area contributed by atoms with E-state index in [0.717, 1.165) is 6.42 Å². The van der Waals surface area contributed by atoms with Crippen LogP contribution in [0, 0.1) is 5.92 Å². The minimum absolute atomic E-state index is 0.364. The SMILES string of the molecule is CCC(C)CN(C)S(=O)(=O)C(C)CNC. The Hall–Kier alpha value is -0.130. The van der Waals surface area contributed by atoms with E-state index in [9.17, 15) is 8.42 Å². The molecule has 4 nitrogen and oxygen atoms in total. The highest BCUT2D eigenvalue weighted by Gasteiger charge is 2.25. The van der Waals surface area contributed by atoms with Crippen LogP contribution in [0.15, 0.2) is 0 Å². The van der Waals surface area contributed by atoms with Gasteiger partial charge in [0, 0.05) is 20.1 Å². The molecule has 0 saturated heterocycles. The minimum atomic E-state index is -3.14. The highest BCUT2D eigenvalue weighted by Crippen LogP contribution is 2.10. The molecular formula is C10H24N2O2S. The van der Waals surface area contributed by atoms with Gasteiger partial charge >= 0.3 is 0 Å². The molecule has 0 aliphatic carbocycles. The van der Waals surface area contributed by atoms with Crippen LogP contribution in [0.2, 0.25) is 0 Å². The fraction of sp³-hybridized carbons (Fsp3) is 1.00. The first-order chi connectivity index (χ1) is 6.86. The summed E-state index contributed by atoms with van der Waals surface area (Å²) in [5.74, 6) is 0.409. The van der Waals surface area contributed by atoms with E-state index < -0.39 is 10.0 Å². The predicted molar refractivity (Wildman–Crippen MR) is 64.4 cm³/mol. The van der Waals surface area contributed by atoms with Crippen molar-refractivity contribution in [3.8, 4) is 0 Å². The van der Waals surface area contributed by atoms with Crippen LogP contribution in [0.5, 0.6) is 0 Å². The second-order valence-corrected chi connectivity index (χ2v) is 6.67. The maximum absolute atomic E-state index is 12.0. The van der Waals surface area contributed by atoms with Gasteiger partial charge in [-0.2, -0.15) is 0 Å². The van der Waals surface area contributed by atoms with Gasteiger partial charge < -0.3 is 5.32 Å². The van der Waals surface area contributed by atoms with Crippen LogP contribution in [0.4, 0.5) is 0 Å². The fourth-order valence-corrected chi connectivity index (χ4v) is 2.83. The van der Waals surface area contributed by atoms with Gasteiger partial charge in [-0.05, 0) is 19.9 Å². The van der Waals surface area contributed by atoms with Crippen molar-refractivity contribution in [3.63, 3.8) is 0 Å². The number of sulfonamides is 1. The largest absolute Gasteiger partial charge is 0.318 e. The summed E-state index contributed by atoms with van der Waals surface area (Å²) >= 11 is 0. The van der Waals surface area contributed by atoms with E-state index in [1.807, 2.05) is 0 Å². The Morgan fingerprint density at radius 2 is 1.87 bits per heavy atom. The van der Waals surface area contributed by atoms with Crippen molar-refractivity contribution in [1.82, 2.24) is 9.62 Å². The van der Waals surface area contributed by atoms with E-state index in [0.29, 0.717) is 19.0 Å². The van der Waals surface area contributed by atoms with Crippen molar-refractivity contribution in [2.24, 2.45) is 5.92 Å². The van der Waals surface area contributed by atoms with Gasteiger partial charge in [0.15, 0.2) is 0 Å². The van der Waals surface area contributed by atoms with Crippen molar-refractivity contribution < 1.29 is 8.42 Å². The van der Waals surface area contributed by atoms with E-state index in [2.05, 4.69) is 19.2 Å². The Balaban J connectivity index is 4.45. The van der Waals surface area contributed by atoms with Crippen molar-refractivity contribution in [1.29, 1.82) is 0 Å². The average molecular weight is 236 g/mol. The number of hydrogen-bond acceptors (Lipinski definition) is 3. The molecule has 2 atom stereocenters. The van der Waals surface area contributed by atoms with Crippen molar-refractivity contribution in [3.05, 3.63) is 0 Å². The standard InChI is InChI=1S/C10H24N2O2S/c1-6-9(2)8-12(5)15(13,14)10(3)7-11-4/h9-11H,6-8H2,1-5H3. The van der Waals surface area contributed by atoms with Gasteiger partial charge in [0.1, 0.15) is 0 Å². The highest BCUT2D eigenvalue weighted by molar-refractivity contribution is 7.89. The summed E-state index contributed by atoms with van der Waals surface area (Å²) in [6.45, 7) is 6.97.